The molecule has 3 rings (SSSR count). The summed E-state index contributed by atoms with van der Waals surface area (Å²) in [5, 5.41) is 31.8. The minimum absolute atomic E-state index is 0.00191. The van der Waals surface area contributed by atoms with Crippen LogP contribution in [0.15, 0.2) is 40.9 Å². The Morgan fingerprint density at radius 2 is 2.04 bits per heavy atom. The number of ether oxygens (including phenoxy) is 1. The summed E-state index contributed by atoms with van der Waals surface area (Å²) < 4.78 is 24.6. The van der Waals surface area contributed by atoms with Crippen LogP contribution in [0, 0.1) is 5.82 Å². The number of hydrogen-bond donors (Lipinski definition) is 3. The molecule has 27 heavy (non-hydrogen) atoms. The van der Waals surface area contributed by atoms with Crippen LogP contribution in [0.5, 0.6) is 5.75 Å². The quantitative estimate of drug-likeness (QED) is 0.563. The predicted octanol–water partition coefficient (Wildman–Crippen LogP) is 2.86. The molecule has 1 aromatic heterocycles. The summed E-state index contributed by atoms with van der Waals surface area (Å²) in [6.07, 6.45) is -3.03. The van der Waals surface area contributed by atoms with E-state index < -0.39 is 30.6 Å². The molecule has 0 aliphatic heterocycles. The fraction of sp³-hybridized carbons (Fsp3) is 0.222. The number of nitrogens with zero attached hydrogens (tertiary/aromatic N) is 1. The second kappa shape index (κ2) is 7.91. The third-order valence-corrected chi connectivity index (χ3v) is 4.27. The number of halogens is 2. The molecule has 0 aliphatic rings. The van der Waals surface area contributed by atoms with Crippen LogP contribution in [-0.2, 0) is 4.79 Å². The fourth-order valence-electron chi connectivity index (χ4n) is 2.57. The number of aliphatic carboxylic acids is 1. The lowest BCUT2D eigenvalue weighted by Gasteiger charge is -2.18. The van der Waals surface area contributed by atoms with Crippen LogP contribution in [-0.4, -0.2) is 45.3 Å². The van der Waals surface area contributed by atoms with E-state index in [1.165, 1.54) is 18.2 Å². The lowest BCUT2D eigenvalue weighted by molar-refractivity contribution is -0.146. The van der Waals surface area contributed by atoms with Gasteiger partial charge in [-0.2, -0.15) is 0 Å². The first-order chi connectivity index (χ1) is 12.9. The van der Waals surface area contributed by atoms with E-state index in [0.29, 0.717) is 5.39 Å². The monoisotopic (exact) mass is 395 g/mol. The van der Waals surface area contributed by atoms with Crippen molar-refractivity contribution in [2.24, 2.45) is 0 Å². The highest BCUT2D eigenvalue weighted by molar-refractivity contribution is 6.36. The van der Waals surface area contributed by atoms with Crippen LogP contribution in [0.25, 0.3) is 22.2 Å². The molecule has 2 aromatic carbocycles. The van der Waals surface area contributed by atoms with E-state index in [9.17, 15) is 19.4 Å². The molecular formula is C18H15ClFNO6. The molecule has 0 bridgehead atoms. The fourth-order valence-corrected chi connectivity index (χ4v) is 2.81. The minimum Gasteiger partial charge on any atom is -0.479 e. The predicted molar refractivity (Wildman–Crippen MR) is 94.2 cm³/mol. The lowest BCUT2D eigenvalue weighted by atomic mass is 10.1. The lowest BCUT2D eigenvalue weighted by Crippen LogP contribution is -2.32. The molecule has 0 spiro atoms. The molecule has 2 unspecified atom stereocenters. The molecule has 0 aliphatic carbocycles. The first kappa shape index (κ1) is 19.1. The van der Waals surface area contributed by atoms with Crippen molar-refractivity contribution in [1.29, 1.82) is 0 Å². The van der Waals surface area contributed by atoms with Gasteiger partial charge in [0.1, 0.15) is 22.3 Å². The Balaban J connectivity index is 1.97. The molecular weight excluding hydrogens is 381 g/mol. The van der Waals surface area contributed by atoms with E-state index in [-0.39, 0.29) is 34.0 Å². The molecule has 0 saturated heterocycles. The highest BCUT2D eigenvalue weighted by Gasteiger charge is 2.26. The van der Waals surface area contributed by atoms with E-state index in [2.05, 4.69) is 5.16 Å². The number of rotatable bonds is 7. The Hall–Kier alpha value is -2.68. The second-order valence-electron chi connectivity index (χ2n) is 5.78. The van der Waals surface area contributed by atoms with Crippen LogP contribution in [0.4, 0.5) is 4.39 Å². The number of aliphatic hydroxyl groups excluding tert-OH is 2. The zero-order chi connectivity index (χ0) is 19.6. The molecule has 0 fully saturated rings. The zero-order valence-corrected chi connectivity index (χ0v) is 14.6. The van der Waals surface area contributed by atoms with Crippen LogP contribution in [0.1, 0.15) is 6.42 Å². The van der Waals surface area contributed by atoms with Gasteiger partial charge in [0.25, 0.3) is 0 Å². The number of aliphatic hydroxyl groups is 2. The number of carboxylic acid groups (broad SMARTS) is 1. The Morgan fingerprint density at radius 1 is 1.30 bits per heavy atom. The van der Waals surface area contributed by atoms with Gasteiger partial charge in [-0.3, -0.25) is 0 Å². The third kappa shape index (κ3) is 3.87. The minimum atomic E-state index is -1.43. The molecule has 142 valence electrons. The Bertz CT molecular complexity index is 976. The van der Waals surface area contributed by atoms with Gasteiger partial charge in [-0.05, 0) is 24.3 Å². The van der Waals surface area contributed by atoms with Crippen molar-refractivity contribution in [3.8, 4) is 17.0 Å². The second-order valence-corrected chi connectivity index (χ2v) is 6.16. The number of carboxylic acids is 1. The van der Waals surface area contributed by atoms with Gasteiger partial charge in [0.05, 0.1) is 18.1 Å². The van der Waals surface area contributed by atoms with Crippen LogP contribution >= 0.6 is 11.6 Å². The summed E-state index contributed by atoms with van der Waals surface area (Å²) in [7, 11) is 0. The van der Waals surface area contributed by atoms with Gasteiger partial charge in [-0.15, -0.1) is 0 Å². The molecule has 0 amide bonds. The van der Waals surface area contributed by atoms with Crippen molar-refractivity contribution in [1.82, 2.24) is 5.16 Å². The van der Waals surface area contributed by atoms with Crippen LogP contribution in [0.2, 0.25) is 5.02 Å². The number of fused-ring (bicyclic) bond motifs is 1. The highest BCUT2D eigenvalue weighted by Crippen LogP contribution is 2.38. The van der Waals surface area contributed by atoms with Gasteiger partial charge in [-0.25, -0.2) is 9.18 Å². The molecule has 2 atom stereocenters. The first-order valence-electron chi connectivity index (χ1n) is 7.93. The number of benzene rings is 2. The van der Waals surface area contributed by atoms with E-state index in [4.69, 9.17) is 26.0 Å². The van der Waals surface area contributed by atoms with Gasteiger partial charge in [0.15, 0.2) is 11.7 Å². The Kier molecular flexibility index (Phi) is 5.59. The van der Waals surface area contributed by atoms with Crippen LogP contribution in [0.3, 0.4) is 0 Å². The average molecular weight is 396 g/mol. The van der Waals surface area contributed by atoms with Gasteiger partial charge in [-0.1, -0.05) is 28.9 Å². The molecule has 1 heterocycles. The normalized spacial score (nSPS) is 13.5. The number of carbonyl (C=O) groups is 1. The Labute approximate surface area is 157 Å². The number of aromatic nitrogens is 1. The number of hydrogen-bond acceptors (Lipinski definition) is 6. The van der Waals surface area contributed by atoms with Crippen molar-refractivity contribution in [2.75, 3.05) is 6.61 Å². The van der Waals surface area contributed by atoms with E-state index >= 15 is 0 Å². The summed E-state index contributed by atoms with van der Waals surface area (Å²) in [5.74, 6) is -1.81. The summed E-state index contributed by atoms with van der Waals surface area (Å²) >= 11 is 6.24. The first-order valence-corrected chi connectivity index (χ1v) is 8.31. The van der Waals surface area contributed by atoms with Crippen molar-refractivity contribution in [2.45, 2.75) is 18.6 Å². The summed E-state index contributed by atoms with van der Waals surface area (Å²) in [6.45, 7) is -0.603. The molecule has 3 N–H and O–H groups in total. The highest BCUT2D eigenvalue weighted by atomic mass is 35.5. The van der Waals surface area contributed by atoms with Gasteiger partial charge in [0.2, 0.25) is 0 Å². The SMILES string of the molecule is O=C(O)C(CC(O)CO)Oc1ccc2c(-c3ccccc3F)noc2c1Cl. The third-order valence-electron chi connectivity index (χ3n) is 3.92. The molecule has 9 heteroatoms. The zero-order valence-electron chi connectivity index (χ0n) is 13.8. The summed E-state index contributed by atoms with van der Waals surface area (Å²) in [4.78, 5) is 11.3. The molecule has 3 aromatic rings. The maximum atomic E-state index is 14.0. The molecule has 0 saturated carbocycles. The van der Waals surface area contributed by atoms with Gasteiger partial charge in [0, 0.05) is 12.0 Å². The summed E-state index contributed by atoms with van der Waals surface area (Å²) in [6, 6.07) is 8.97. The van der Waals surface area contributed by atoms with Gasteiger partial charge >= 0.3 is 5.97 Å². The van der Waals surface area contributed by atoms with Crippen molar-refractivity contribution < 1.29 is 33.8 Å². The van der Waals surface area contributed by atoms with Gasteiger partial charge < -0.3 is 24.6 Å². The van der Waals surface area contributed by atoms with E-state index in [0.717, 1.165) is 0 Å². The van der Waals surface area contributed by atoms with Crippen molar-refractivity contribution >= 4 is 28.5 Å². The van der Waals surface area contributed by atoms with Crippen molar-refractivity contribution in [3.05, 3.63) is 47.2 Å². The average Bonchev–Trinajstić information content (AvgIpc) is 3.08. The summed E-state index contributed by atoms with van der Waals surface area (Å²) in [5.41, 5.74) is 0.594. The smallest absolute Gasteiger partial charge is 0.345 e. The standard InChI is InChI=1S/C18H15ClFNO6/c19-15-13(26-14(18(24)25)7-9(23)8-22)6-5-11-16(21-27-17(11)15)10-3-1-2-4-12(10)20/h1-6,9,14,22-23H,7-8H2,(H,24,25). The topological polar surface area (TPSA) is 113 Å². The molecule has 0 radical (unpaired) electrons. The maximum Gasteiger partial charge on any atom is 0.345 e. The van der Waals surface area contributed by atoms with Crippen molar-refractivity contribution in [3.63, 3.8) is 0 Å². The Morgan fingerprint density at radius 3 is 2.70 bits per heavy atom. The van der Waals surface area contributed by atoms with E-state index in [1.807, 2.05) is 0 Å². The molecule has 7 nitrogen and oxygen atoms in total. The van der Waals surface area contributed by atoms with E-state index in [1.54, 1.807) is 18.2 Å². The van der Waals surface area contributed by atoms with Crippen LogP contribution < -0.4 is 4.74 Å². The largest absolute Gasteiger partial charge is 0.479 e. The maximum absolute atomic E-state index is 14.0.